The van der Waals surface area contributed by atoms with E-state index in [2.05, 4.69) is 63.5 Å². The smallest absolute Gasteiger partial charge is 0.240 e. The maximum absolute atomic E-state index is 12.6. The fraction of sp³-hybridized carbons (Fsp3) is 0.296. The van der Waals surface area contributed by atoms with Crippen molar-refractivity contribution in [1.82, 2.24) is 4.72 Å². The Hall–Kier alpha value is -3.16. The van der Waals surface area contributed by atoms with E-state index in [1.54, 1.807) is 26.0 Å². The molecular weight excluding hydrogens is 446 g/mol. The molecule has 1 amide bonds. The molecule has 0 radical (unpaired) electrons. The summed E-state index contributed by atoms with van der Waals surface area (Å²) in [6.07, 6.45) is 1.65. The fourth-order valence-electron chi connectivity index (χ4n) is 4.01. The predicted molar refractivity (Wildman–Crippen MR) is 136 cm³/mol. The SMILES string of the molecule is CC(C)C(=O)Nc1ccc(S(=O)(=O)NCCc2ccc(N3CCc4ccccc4C3)cc2)cc1. The lowest BCUT2D eigenvalue weighted by atomic mass is 9.99. The third-order valence-corrected chi connectivity index (χ3v) is 7.57. The zero-order chi connectivity index (χ0) is 24.1. The summed E-state index contributed by atoms with van der Waals surface area (Å²) in [5, 5.41) is 2.76. The Bertz CT molecular complexity index is 1240. The summed E-state index contributed by atoms with van der Waals surface area (Å²) in [6.45, 7) is 5.83. The number of hydrogen-bond acceptors (Lipinski definition) is 4. The van der Waals surface area contributed by atoms with Gasteiger partial charge in [0.15, 0.2) is 0 Å². The standard InChI is InChI=1S/C27H31N3O3S/c1-20(2)27(31)29-24-9-13-26(14-10-24)34(32,33)28-17-15-21-7-11-25(12-8-21)30-18-16-22-5-3-4-6-23(22)19-30/h3-14,20,28H,15-19H2,1-2H3,(H,29,31). The number of sulfonamides is 1. The quantitative estimate of drug-likeness (QED) is 0.505. The first-order chi connectivity index (χ1) is 16.3. The number of anilines is 2. The molecule has 0 bridgehead atoms. The van der Waals surface area contributed by atoms with Gasteiger partial charge < -0.3 is 10.2 Å². The molecular formula is C27H31N3O3S. The van der Waals surface area contributed by atoms with Gasteiger partial charge in [-0.1, -0.05) is 50.2 Å². The van der Waals surface area contributed by atoms with Crippen molar-refractivity contribution in [1.29, 1.82) is 0 Å². The molecule has 2 N–H and O–H groups in total. The van der Waals surface area contributed by atoms with Crippen molar-refractivity contribution in [3.8, 4) is 0 Å². The van der Waals surface area contributed by atoms with Crippen LogP contribution in [0, 0.1) is 5.92 Å². The molecule has 3 aromatic rings. The van der Waals surface area contributed by atoms with Gasteiger partial charge in [-0.05, 0) is 65.9 Å². The van der Waals surface area contributed by atoms with Crippen LogP contribution in [0.15, 0.2) is 77.7 Å². The molecule has 6 nitrogen and oxygen atoms in total. The Labute approximate surface area is 202 Å². The molecule has 0 aliphatic carbocycles. The number of nitrogens with zero attached hydrogens (tertiary/aromatic N) is 1. The normalized spacial score (nSPS) is 13.6. The Morgan fingerprint density at radius 1 is 0.941 bits per heavy atom. The molecule has 1 heterocycles. The predicted octanol–water partition coefficient (Wildman–Crippen LogP) is 4.36. The van der Waals surface area contributed by atoms with Crippen LogP contribution in [-0.4, -0.2) is 27.4 Å². The summed E-state index contributed by atoms with van der Waals surface area (Å²) in [4.78, 5) is 14.3. The van der Waals surface area contributed by atoms with E-state index in [4.69, 9.17) is 0 Å². The Morgan fingerprint density at radius 2 is 1.62 bits per heavy atom. The van der Waals surface area contributed by atoms with Gasteiger partial charge >= 0.3 is 0 Å². The first-order valence-electron chi connectivity index (χ1n) is 11.6. The van der Waals surface area contributed by atoms with E-state index in [0.717, 1.165) is 25.1 Å². The number of carbonyl (C=O) groups excluding carboxylic acids is 1. The van der Waals surface area contributed by atoms with Gasteiger partial charge in [-0.2, -0.15) is 0 Å². The number of nitrogens with one attached hydrogen (secondary N) is 2. The van der Waals surface area contributed by atoms with Crippen LogP contribution in [0.5, 0.6) is 0 Å². The van der Waals surface area contributed by atoms with E-state index in [1.165, 1.54) is 28.9 Å². The maximum atomic E-state index is 12.6. The van der Waals surface area contributed by atoms with Crippen LogP contribution in [0.3, 0.4) is 0 Å². The van der Waals surface area contributed by atoms with Crippen LogP contribution in [0.4, 0.5) is 11.4 Å². The largest absolute Gasteiger partial charge is 0.367 e. The number of fused-ring (bicyclic) bond motifs is 1. The van der Waals surface area contributed by atoms with Crippen LogP contribution >= 0.6 is 0 Å². The minimum atomic E-state index is -3.62. The zero-order valence-electron chi connectivity index (χ0n) is 19.6. The molecule has 34 heavy (non-hydrogen) atoms. The lowest BCUT2D eigenvalue weighted by Gasteiger charge is -2.30. The van der Waals surface area contributed by atoms with Crippen molar-refractivity contribution in [2.45, 2.75) is 38.1 Å². The monoisotopic (exact) mass is 477 g/mol. The molecule has 1 aliphatic heterocycles. The van der Waals surface area contributed by atoms with Crippen LogP contribution < -0.4 is 14.9 Å². The van der Waals surface area contributed by atoms with Crippen molar-refractivity contribution < 1.29 is 13.2 Å². The van der Waals surface area contributed by atoms with Crippen molar-refractivity contribution in [2.24, 2.45) is 5.92 Å². The fourth-order valence-corrected chi connectivity index (χ4v) is 5.04. The summed E-state index contributed by atoms with van der Waals surface area (Å²) in [5.74, 6) is -0.249. The topological polar surface area (TPSA) is 78.5 Å². The molecule has 0 aromatic heterocycles. The zero-order valence-corrected chi connectivity index (χ0v) is 20.4. The first-order valence-corrected chi connectivity index (χ1v) is 13.1. The first kappa shape index (κ1) is 24.0. The highest BCUT2D eigenvalue weighted by atomic mass is 32.2. The molecule has 0 unspecified atom stereocenters. The number of hydrogen-bond donors (Lipinski definition) is 2. The van der Waals surface area contributed by atoms with E-state index in [9.17, 15) is 13.2 Å². The highest BCUT2D eigenvalue weighted by molar-refractivity contribution is 7.89. The molecule has 0 saturated heterocycles. The summed E-state index contributed by atoms with van der Waals surface area (Å²) in [7, 11) is -3.62. The molecule has 4 rings (SSSR count). The van der Waals surface area contributed by atoms with E-state index in [1.807, 2.05) is 0 Å². The van der Waals surface area contributed by atoms with Gasteiger partial charge in [-0.3, -0.25) is 4.79 Å². The van der Waals surface area contributed by atoms with Crippen molar-refractivity contribution >= 4 is 27.3 Å². The third-order valence-electron chi connectivity index (χ3n) is 6.09. The minimum absolute atomic E-state index is 0.107. The summed E-state index contributed by atoms with van der Waals surface area (Å²) in [5.41, 5.74) is 5.65. The van der Waals surface area contributed by atoms with Crippen molar-refractivity contribution in [3.05, 3.63) is 89.5 Å². The van der Waals surface area contributed by atoms with Gasteiger partial charge in [0.1, 0.15) is 0 Å². The van der Waals surface area contributed by atoms with Gasteiger partial charge in [0.25, 0.3) is 0 Å². The lowest BCUT2D eigenvalue weighted by Crippen LogP contribution is -2.30. The molecule has 0 atom stereocenters. The van der Waals surface area contributed by atoms with E-state index in [-0.39, 0.29) is 16.7 Å². The number of carbonyl (C=O) groups is 1. The van der Waals surface area contributed by atoms with Gasteiger partial charge in [0.05, 0.1) is 4.90 Å². The minimum Gasteiger partial charge on any atom is -0.367 e. The summed E-state index contributed by atoms with van der Waals surface area (Å²) >= 11 is 0. The van der Waals surface area contributed by atoms with Gasteiger partial charge in [0.2, 0.25) is 15.9 Å². The number of amides is 1. The second-order valence-electron chi connectivity index (χ2n) is 8.92. The molecule has 0 saturated carbocycles. The Kier molecular flexibility index (Phi) is 7.34. The third kappa shape index (κ3) is 5.85. The van der Waals surface area contributed by atoms with Crippen LogP contribution in [-0.2, 0) is 34.2 Å². The summed E-state index contributed by atoms with van der Waals surface area (Å²) < 4.78 is 27.9. The van der Waals surface area contributed by atoms with Crippen LogP contribution in [0.2, 0.25) is 0 Å². The molecule has 7 heteroatoms. The van der Waals surface area contributed by atoms with Gasteiger partial charge in [-0.15, -0.1) is 0 Å². The van der Waals surface area contributed by atoms with E-state index in [0.29, 0.717) is 18.7 Å². The number of rotatable bonds is 8. The molecule has 0 fully saturated rings. The lowest BCUT2D eigenvalue weighted by molar-refractivity contribution is -0.118. The Morgan fingerprint density at radius 3 is 2.29 bits per heavy atom. The van der Waals surface area contributed by atoms with Gasteiger partial charge in [-0.25, -0.2) is 13.1 Å². The average molecular weight is 478 g/mol. The molecule has 1 aliphatic rings. The maximum Gasteiger partial charge on any atom is 0.240 e. The highest BCUT2D eigenvalue weighted by Crippen LogP contribution is 2.24. The van der Waals surface area contributed by atoms with Crippen molar-refractivity contribution in [3.63, 3.8) is 0 Å². The van der Waals surface area contributed by atoms with Gasteiger partial charge in [0, 0.05) is 36.9 Å². The summed E-state index contributed by atoms with van der Waals surface area (Å²) in [6, 6.07) is 23.2. The van der Waals surface area contributed by atoms with E-state index >= 15 is 0 Å². The average Bonchev–Trinajstić information content (AvgIpc) is 2.84. The second kappa shape index (κ2) is 10.4. The molecule has 3 aromatic carbocycles. The molecule has 178 valence electrons. The highest BCUT2D eigenvalue weighted by Gasteiger charge is 2.17. The van der Waals surface area contributed by atoms with E-state index < -0.39 is 10.0 Å². The second-order valence-corrected chi connectivity index (χ2v) is 10.7. The Balaban J connectivity index is 1.29. The number of benzene rings is 3. The molecule has 0 spiro atoms. The van der Waals surface area contributed by atoms with Crippen molar-refractivity contribution in [2.75, 3.05) is 23.3 Å². The van der Waals surface area contributed by atoms with Crippen LogP contribution in [0.25, 0.3) is 0 Å². The van der Waals surface area contributed by atoms with Crippen LogP contribution in [0.1, 0.15) is 30.5 Å².